The van der Waals surface area contributed by atoms with Crippen molar-refractivity contribution in [2.24, 2.45) is 20.0 Å². The highest BCUT2D eigenvalue weighted by Crippen LogP contribution is 2.39. The molecule has 0 saturated carbocycles. The largest absolute Gasteiger partial charge is 0.495 e. The highest BCUT2D eigenvalue weighted by atomic mass is 35.5. The Morgan fingerprint density at radius 3 is 2.63 bits per heavy atom. The highest BCUT2D eigenvalue weighted by molar-refractivity contribution is 6.31. The standard InChI is InChI=1S/C18H20ClN5O3/c1-10-8-23(12-7-11(19)5-6-13(12)27-4)17-20-15-14(24(17)9-10)16(25)22(3)18(26)21(15)2/h5-7,10H,8-9H2,1-4H3/t10-/m1/s1. The van der Waals surface area contributed by atoms with Gasteiger partial charge in [-0.25, -0.2) is 4.79 Å². The van der Waals surface area contributed by atoms with Gasteiger partial charge in [0, 0.05) is 32.2 Å². The maximum absolute atomic E-state index is 12.8. The molecule has 0 radical (unpaired) electrons. The summed E-state index contributed by atoms with van der Waals surface area (Å²) in [7, 11) is 4.70. The van der Waals surface area contributed by atoms with Gasteiger partial charge in [-0.3, -0.25) is 13.9 Å². The predicted molar refractivity (Wildman–Crippen MR) is 104 cm³/mol. The number of aryl methyl sites for hydroxylation is 1. The molecule has 0 unspecified atom stereocenters. The molecule has 0 saturated heterocycles. The lowest BCUT2D eigenvalue weighted by Crippen LogP contribution is -2.38. The summed E-state index contributed by atoms with van der Waals surface area (Å²) in [6.07, 6.45) is 0. The van der Waals surface area contributed by atoms with E-state index in [2.05, 4.69) is 11.9 Å². The Balaban J connectivity index is 2.06. The SMILES string of the molecule is COc1ccc(Cl)cc1N1C[C@@H](C)Cn2c1nc1c2c(=O)n(C)c(=O)n1C. The van der Waals surface area contributed by atoms with Gasteiger partial charge in [0.1, 0.15) is 5.75 Å². The van der Waals surface area contributed by atoms with Gasteiger partial charge in [0.2, 0.25) is 5.95 Å². The number of hydrogen-bond donors (Lipinski definition) is 0. The molecule has 0 spiro atoms. The van der Waals surface area contributed by atoms with Crippen molar-refractivity contribution in [3.05, 3.63) is 44.1 Å². The van der Waals surface area contributed by atoms with Gasteiger partial charge in [-0.15, -0.1) is 0 Å². The zero-order chi connectivity index (χ0) is 19.5. The van der Waals surface area contributed by atoms with E-state index in [1.807, 2.05) is 15.5 Å². The summed E-state index contributed by atoms with van der Waals surface area (Å²) in [6.45, 7) is 3.43. The molecule has 1 aliphatic rings. The topological polar surface area (TPSA) is 74.3 Å². The van der Waals surface area contributed by atoms with E-state index in [0.717, 1.165) is 10.3 Å². The number of ether oxygens (including phenoxy) is 1. The van der Waals surface area contributed by atoms with Crippen LogP contribution < -0.4 is 20.9 Å². The van der Waals surface area contributed by atoms with E-state index in [-0.39, 0.29) is 11.5 Å². The second-order valence-corrected chi connectivity index (χ2v) is 7.37. The van der Waals surface area contributed by atoms with E-state index >= 15 is 0 Å². The summed E-state index contributed by atoms with van der Waals surface area (Å²) < 4.78 is 9.90. The molecular formula is C18H20ClN5O3. The number of imidazole rings is 1. The molecule has 1 aromatic carbocycles. The summed E-state index contributed by atoms with van der Waals surface area (Å²) in [4.78, 5) is 31.7. The lowest BCUT2D eigenvalue weighted by molar-refractivity contribution is 0.409. The summed E-state index contributed by atoms with van der Waals surface area (Å²) in [6, 6.07) is 5.39. The molecule has 2 aromatic heterocycles. The molecule has 3 heterocycles. The fraction of sp³-hybridized carbons (Fsp3) is 0.389. The predicted octanol–water partition coefficient (Wildman–Crippen LogP) is 1.88. The van der Waals surface area contributed by atoms with E-state index in [1.165, 1.54) is 11.6 Å². The molecule has 4 rings (SSSR count). The minimum Gasteiger partial charge on any atom is -0.495 e. The number of rotatable bonds is 2. The van der Waals surface area contributed by atoms with Crippen LogP contribution in [0, 0.1) is 5.92 Å². The van der Waals surface area contributed by atoms with E-state index in [9.17, 15) is 9.59 Å². The van der Waals surface area contributed by atoms with Gasteiger partial charge in [-0.05, 0) is 24.1 Å². The second kappa shape index (κ2) is 6.16. The van der Waals surface area contributed by atoms with Gasteiger partial charge < -0.3 is 14.2 Å². The van der Waals surface area contributed by atoms with Crippen LogP contribution in [-0.2, 0) is 20.6 Å². The van der Waals surface area contributed by atoms with Crippen LogP contribution in [0.2, 0.25) is 5.02 Å². The zero-order valence-electron chi connectivity index (χ0n) is 15.6. The lowest BCUT2D eigenvalue weighted by atomic mass is 10.1. The molecule has 142 valence electrons. The van der Waals surface area contributed by atoms with Crippen LogP contribution in [0.15, 0.2) is 27.8 Å². The van der Waals surface area contributed by atoms with Gasteiger partial charge in [0.15, 0.2) is 11.2 Å². The van der Waals surface area contributed by atoms with Gasteiger partial charge in [-0.1, -0.05) is 18.5 Å². The van der Waals surface area contributed by atoms with Crippen LogP contribution in [0.4, 0.5) is 11.6 Å². The van der Waals surface area contributed by atoms with Crippen molar-refractivity contribution >= 4 is 34.4 Å². The number of fused-ring (bicyclic) bond motifs is 3. The quantitative estimate of drug-likeness (QED) is 0.669. The fourth-order valence-corrected chi connectivity index (χ4v) is 3.82. The Bertz CT molecular complexity index is 1180. The van der Waals surface area contributed by atoms with Crippen LogP contribution in [0.25, 0.3) is 11.2 Å². The van der Waals surface area contributed by atoms with Crippen molar-refractivity contribution in [1.82, 2.24) is 18.7 Å². The van der Waals surface area contributed by atoms with E-state index in [0.29, 0.717) is 41.0 Å². The maximum Gasteiger partial charge on any atom is 0.332 e. The third-order valence-electron chi connectivity index (χ3n) is 4.99. The van der Waals surface area contributed by atoms with E-state index < -0.39 is 5.69 Å². The molecule has 8 nitrogen and oxygen atoms in total. The van der Waals surface area contributed by atoms with Gasteiger partial charge in [-0.2, -0.15) is 4.98 Å². The fourth-order valence-electron chi connectivity index (χ4n) is 3.66. The van der Waals surface area contributed by atoms with Crippen molar-refractivity contribution in [3.63, 3.8) is 0 Å². The summed E-state index contributed by atoms with van der Waals surface area (Å²) in [5.74, 6) is 1.51. The van der Waals surface area contributed by atoms with Gasteiger partial charge in [0.25, 0.3) is 5.56 Å². The van der Waals surface area contributed by atoms with Gasteiger partial charge in [0.05, 0.1) is 12.8 Å². The van der Waals surface area contributed by atoms with Crippen molar-refractivity contribution in [1.29, 1.82) is 0 Å². The average molecular weight is 390 g/mol. The molecule has 9 heteroatoms. The first kappa shape index (κ1) is 17.7. The van der Waals surface area contributed by atoms with Crippen LogP contribution >= 0.6 is 11.6 Å². The summed E-state index contributed by atoms with van der Waals surface area (Å²) >= 11 is 6.22. The van der Waals surface area contributed by atoms with Crippen molar-refractivity contribution in [2.75, 3.05) is 18.6 Å². The minimum atomic E-state index is -0.400. The summed E-state index contributed by atoms with van der Waals surface area (Å²) in [5.41, 5.74) is 0.821. The smallest absolute Gasteiger partial charge is 0.332 e. The molecule has 0 N–H and O–H groups in total. The molecule has 0 aliphatic carbocycles. The molecule has 27 heavy (non-hydrogen) atoms. The average Bonchev–Trinajstić information content (AvgIpc) is 3.03. The number of methoxy groups -OCH3 is 1. The Morgan fingerprint density at radius 2 is 1.93 bits per heavy atom. The highest BCUT2D eigenvalue weighted by Gasteiger charge is 2.30. The molecule has 1 atom stereocenters. The first-order valence-electron chi connectivity index (χ1n) is 8.60. The Labute approximate surface area is 160 Å². The monoisotopic (exact) mass is 389 g/mol. The third kappa shape index (κ3) is 2.55. The number of benzene rings is 1. The second-order valence-electron chi connectivity index (χ2n) is 6.93. The Kier molecular flexibility index (Phi) is 4.03. The van der Waals surface area contributed by atoms with E-state index in [1.54, 1.807) is 26.3 Å². The van der Waals surface area contributed by atoms with Crippen LogP contribution in [0.1, 0.15) is 6.92 Å². The van der Waals surface area contributed by atoms with Crippen molar-refractivity contribution in [3.8, 4) is 5.75 Å². The Hall–Kier alpha value is -2.74. The molecular weight excluding hydrogens is 370 g/mol. The van der Waals surface area contributed by atoms with E-state index in [4.69, 9.17) is 16.3 Å². The first-order chi connectivity index (χ1) is 12.8. The third-order valence-corrected chi connectivity index (χ3v) is 5.22. The number of anilines is 2. The molecule has 3 aromatic rings. The van der Waals surface area contributed by atoms with Crippen LogP contribution in [-0.4, -0.2) is 32.3 Å². The first-order valence-corrected chi connectivity index (χ1v) is 8.98. The normalized spacial score (nSPS) is 16.6. The maximum atomic E-state index is 12.8. The van der Waals surface area contributed by atoms with Crippen molar-refractivity contribution < 1.29 is 4.74 Å². The number of aromatic nitrogens is 4. The Morgan fingerprint density at radius 1 is 1.19 bits per heavy atom. The lowest BCUT2D eigenvalue weighted by Gasteiger charge is -2.33. The van der Waals surface area contributed by atoms with Crippen molar-refractivity contribution in [2.45, 2.75) is 13.5 Å². The zero-order valence-corrected chi connectivity index (χ0v) is 16.3. The van der Waals surface area contributed by atoms with Crippen LogP contribution in [0.5, 0.6) is 5.75 Å². The number of nitrogens with zero attached hydrogens (tertiary/aromatic N) is 5. The number of halogens is 1. The van der Waals surface area contributed by atoms with Crippen LogP contribution in [0.3, 0.4) is 0 Å². The summed E-state index contributed by atoms with van der Waals surface area (Å²) in [5, 5.41) is 0.579. The number of hydrogen-bond acceptors (Lipinski definition) is 5. The molecule has 1 aliphatic heterocycles. The van der Waals surface area contributed by atoms with Gasteiger partial charge >= 0.3 is 5.69 Å². The minimum absolute atomic E-state index is 0.250. The molecule has 0 fully saturated rings. The molecule has 0 bridgehead atoms. The molecule has 0 amide bonds.